The molecule has 0 bridgehead atoms. The van der Waals surface area contributed by atoms with Crippen molar-refractivity contribution in [2.45, 2.75) is 25.9 Å². The average Bonchev–Trinajstić information content (AvgIpc) is 2.29. The summed E-state index contributed by atoms with van der Waals surface area (Å²) in [6, 6.07) is 2.53. The quantitative estimate of drug-likeness (QED) is 0.628. The summed E-state index contributed by atoms with van der Waals surface area (Å²) in [4.78, 5) is 12.9. The van der Waals surface area contributed by atoms with Gasteiger partial charge in [-0.25, -0.2) is 4.39 Å². The Bertz CT molecular complexity index is 448. The second-order valence-corrected chi connectivity index (χ2v) is 4.36. The van der Waals surface area contributed by atoms with E-state index in [1.807, 2.05) is 18.7 Å². The third-order valence-electron chi connectivity index (χ3n) is 2.84. The number of benzene rings is 1. The van der Waals surface area contributed by atoms with Gasteiger partial charge in [0, 0.05) is 12.1 Å². The molecule has 1 heterocycles. The van der Waals surface area contributed by atoms with Crippen molar-refractivity contribution in [2.75, 3.05) is 17.2 Å². The number of carbonyl (C=O) groups is 1. The van der Waals surface area contributed by atoms with E-state index in [0.29, 0.717) is 11.4 Å². The zero-order valence-electron chi connectivity index (χ0n) is 9.81. The molecule has 1 unspecified atom stereocenters. The van der Waals surface area contributed by atoms with Crippen LogP contribution in [0.2, 0.25) is 0 Å². The normalized spacial score (nSPS) is 18.8. The Morgan fingerprint density at radius 2 is 2.29 bits per heavy atom. The van der Waals surface area contributed by atoms with E-state index in [4.69, 9.17) is 10.5 Å². The monoisotopic (exact) mass is 238 g/mol. The number of ether oxygens (including phenoxy) is 1. The number of carbonyl (C=O) groups excluding carboxylic acids is 1. The summed E-state index contributed by atoms with van der Waals surface area (Å²) in [5.74, 6) is -0.0690. The highest BCUT2D eigenvalue weighted by Gasteiger charge is 2.30. The first kappa shape index (κ1) is 11.7. The van der Waals surface area contributed by atoms with Crippen molar-refractivity contribution in [3.05, 3.63) is 17.9 Å². The van der Waals surface area contributed by atoms with Gasteiger partial charge in [-0.3, -0.25) is 0 Å². The summed E-state index contributed by atoms with van der Waals surface area (Å²) < 4.78 is 18.7. The highest BCUT2D eigenvalue weighted by atomic mass is 19.1. The molecule has 1 aromatic carbocycles. The van der Waals surface area contributed by atoms with E-state index in [-0.39, 0.29) is 24.4 Å². The minimum atomic E-state index is -0.503. The molecule has 0 aliphatic carbocycles. The summed E-state index contributed by atoms with van der Waals surface area (Å²) in [7, 11) is 0. The summed E-state index contributed by atoms with van der Waals surface area (Å²) in [6.07, 6.45) is 0.836. The minimum Gasteiger partial charge on any atom is -0.489 e. The molecule has 0 fully saturated rings. The minimum absolute atomic E-state index is 0.0598. The van der Waals surface area contributed by atoms with Gasteiger partial charge >= 0.3 is 0 Å². The molecule has 0 saturated carbocycles. The van der Waals surface area contributed by atoms with Crippen molar-refractivity contribution >= 4 is 17.7 Å². The SMILES string of the molecule is CC(C)N1c2cc(N)c(F)cc2OCC1C=O. The number of aldehydes is 1. The van der Waals surface area contributed by atoms with E-state index in [1.54, 1.807) is 0 Å². The molecule has 4 nitrogen and oxygen atoms in total. The van der Waals surface area contributed by atoms with Crippen LogP contribution in [0.1, 0.15) is 13.8 Å². The maximum atomic E-state index is 13.3. The van der Waals surface area contributed by atoms with Crippen molar-refractivity contribution in [3.63, 3.8) is 0 Å². The van der Waals surface area contributed by atoms with Gasteiger partial charge in [0.2, 0.25) is 0 Å². The van der Waals surface area contributed by atoms with Crippen LogP contribution in [-0.4, -0.2) is 25.0 Å². The van der Waals surface area contributed by atoms with Gasteiger partial charge in [0.1, 0.15) is 30.5 Å². The number of nitrogen functional groups attached to an aromatic ring is 1. The van der Waals surface area contributed by atoms with Gasteiger partial charge in [-0.2, -0.15) is 0 Å². The molecule has 2 rings (SSSR count). The Hall–Kier alpha value is -1.78. The number of hydrogen-bond acceptors (Lipinski definition) is 4. The van der Waals surface area contributed by atoms with Crippen LogP contribution in [0.5, 0.6) is 5.75 Å². The summed E-state index contributed by atoms with van der Waals surface area (Å²) in [6.45, 7) is 4.16. The van der Waals surface area contributed by atoms with Crippen LogP contribution < -0.4 is 15.4 Å². The molecule has 5 heteroatoms. The molecule has 92 valence electrons. The molecule has 0 spiro atoms. The van der Waals surface area contributed by atoms with Crippen molar-refractivity contribution in [2.24, 2.45) is 0 Å². The number of fused-ring (bicyclic) bond motifs is 1. The third-order valence-corrected chi connectivity index (χ3v) is 2.84. The first-order chi connectivity index (χ1) is 8.04. The Kier molecular flexibility index (Phi) is 2.92. The van der Waals surface area contributed by atoms with Crippen molar-refractivity contribution in [1.82, 2.24) is 0 Å². The number of halogens is 1. The highest BCUT2D eigenvalue weighted by Crippen LogP contribution is 2.37. The molecule has 1 aliphatic rings. The Morgan fingerprint density at radius 3 is 2.88 bits per heavy atom. The van der Waals surface area contributed by atoms with E-state index < -0.39 is 5.82 Å². The number of hydrogen-bond donors (Lipinski definition) is 1. The molecule has 1 aromatic rings. The second-order valence-electron chi connectivity index (χ2n) is 4.36. The molecule has 2 N–H and O–H groups in total. The Balaban J connectivity index is 2.51. The molecule has 17 heavy (non-hydrogen) atoms. The van der Waals surface area contributed by atoms with E-state index in [1.165, 1.54) is 12.1 Å². The second kappa shape index (κ2) is 4.24. The molecule has 1 aliphatic heterocycles. The van der Waals surface area contributed by atoms with Crippen LogP contribution in [0.25, 0.3) is 0 Å². The largest absolute Gasteiger partial charge is 0.489 e. The summed E-state index contributed by atoms with van der Waals surface area (Å²) >= 11 is 0. The number of anilines is 2. The van der Waals surface area contributed by atoms with Crippen LogP contribution in [0.4, 0.5) is 15.8 Å². The third kappa shape index (κ3) is 1.92. The fourth-order valence-electron chi connectivity index (χ4n) is 2.08. The first-order valence-electron chi connectivity index (χ1n) is 5.50. The predicted molar refractivity (Wildman–Crippen MR) is 63.8 cm³/mol. The Labute approximate surface area is 99.2 Å². The number of rotatable bonds is 2. The van der Waals surface area contributed by atoms with Gasteiger partial charge in [0.15, 0.2) is 0 Å². The molecule has 0 aromatic heterocycles. The first-order valence-corrected chi connectivity index (χ1v) is 5.50. The molecule has 0 saturated heterocycles. The lowest BCUT2D eigenvalue weighted by atomic mass is 10.1. The standard InChI is InChI=1S/C12H15FN2O2/c1-7(2)15-8(5-16)6-17-12-3-9(13)10(14)4-11(12)15/h3-5,7-8H,6,14H2,1-2H3. The fraction of sp³-hybridized carbons (Fsp3) is 0.417. The Morgan fingerprint density at radius 1 is 1.59 bits per heavy atom. The van der Waals surface area contributed by atoms with Gasteiger partial charge in [0.05, 0.1) is 11.4 Å². The van der Waals surface area contributed by atoms with Crippen LogP contribution in [0, 0.1) is 5.82 Å². The van der Waals surface area contributed by atoms with Gasteiger partial charge in [0.25, 0.3) is 0 Å². The van der Waals surface area contributed by atoms with Crippen LogP contribution in [-0.2, 0) is 4.79 Å². The maximum absolute atomic E-state index is 13.3. The topological polar surface area (TPSA) is 55.6 Å². The highest BCUT2D eigenvalue weighted by molar-refractivity contribution is 5.74. The van der Waals surface area contributed by atoms with Crippen LogP contribution in [0.3, 0.4) is 0 Å². The lowest BCUT2D eigenvalue weighted by Gasteiger charge is -2.38. The molecular formula is C12H15FN2O2. The van der Waals surface area contributed by atoms with Gasteiger partial charge in [-0.1, -0.05) is 0 Å². The average molecular weight is 238 g/mol. The number of nitrogens with zero attached hydrogens (tertiary/aromatic N) is 1. The van der Waals surface area contributed by atoms with Gasteiger partial charge in [-0.05, 0) is 19.9 Å². The van der Waals surface area contributed by atoms with Crippen molar-refractivity contribution in [3.8, 4) is 5.75 Å². The zero-order chi connectivity index (χ0) is 12.6. The molecular weight excluding hydrogens is 223 g/mol. The zero-order valence-corrected chi connectivity index (χ0v) is 9.81. The van der Waals surface area contributed by atoms with Crippen molar-refractivity contribution in [1.29, 1.82) is 0 Å². The lowest BCUT2D eigenvalue weighted by Crippen LogP contribution is -2.48. The predicted octanol–water partition coefficient (Wildman–Crippen LogP) is 1.58. The smallest absolute Gasteiger partial charge is 0.149 e. The fourth-order valence-corrected chi connectivity index (χ4v) is 2.08. The summed E-state index contributed by atoms with van der Waals surface area (Å²) in [5.41, 5.74) is 6.28. The van der Waals surface area contributed by atoms with Gasteiger partial charge in [-0.15, -0.1) is 0 Å². The molecule has 0 radical (unpaired) electrons. The molecule has 0 amide bonds. The van der Waals surface area contributed by atoms with Crippen LogP contribution in [0.15, 0.2) is 12.1 Å². The van der Waals surface area contributed by atoms with Gasteiger partial charge < -0.3 is 20.2 Å². The van der Waals surface area contributed by atoms with Crippen molar-refractivity contribution < 1.29 is 13.9 Å². The van der Waals surface area contributed by atoms with E-state index >= 15 is 0 Å². The maximum Gasteiger partial charge on any atom is 0.149 e. The number of nitrogens with two attached hydrogens (primary N) is 1. The van der Waals surface area contributed by atoms with Crippen LogP contribution >= 0.6 is 0 Å². The lowest BCUT2D eigenvalue weighted by molar-refractivity contribution is -0.109. The van der Waals surface area contributed by atoms with E-state index in [9.17, 15) is 9.18 Å². The van der Waals surface area contributed by atoms with E-state index in [2.05, 4.69) is 0 Å². The summed E-state index contributed by atoms with van der Waals surface area (Å²) in [5, 5.41) is 0. The molecule has 1 atom stereocenters. The van der Waals surface area contributed by atoms with E-state index in [0.717, 1.165) is 6.29 Å².